The molecule has 102 valence electrons. The number of nitrogens with one attached hydrogen (secondary N) is 1. The van der Waals surface area contributed by atoms with Crippen molar-refractivity contribution < 1.29 is 0 Å². The van der Waals surface area contributed by atoms with Crippen molar-refractivity contribution in [3.8, 4) is 0 Å². The third-order valence-electron chi connectivity index (χ3n) is 3.18. The largest absolute Gasteiger partial charge is 0.318 e. The average Bonchev–Trinajstić information content (AvgIpc) is 2.71. The maximum Gasteiger partial charge on any atom is 0.0686 e. The Labute approximate surface area is 131 Å². The molecule has 6 heteroatoms. The summed E-state index contributed by atoms with van der Waals surface area (Å²) >= 11 is 7.01. The highest BCUT2D eigenvalue weighted by atomic mass is 79.9. The molecule has 2 rings (SSSR count). The number of halogens is 3. The van der Waals surface area contributed by atoms with Crippen LogP contribution in [0.25, 0.3) is 0 Å². The molecule has 1 fully saturated rings. The van der Waals surface area contributed by atoms with Gasteiger partial charge in [0.1, 0.15) is 0 Å². The van der Waals surface area contributed by atoms with E-state index in [0.29, 0.717) is 6.04 Å². The molecule has 0 radical (unpaired) electrons. The molecule has 0 spiro atoms. The molecule has 1 aliphatic heterocycles. The molecule has 0 aliphatic carbocycles. The summed E-state index contributed by atoms with van der Waals surface area (Å²) in [7, 11) is 2.02. The van der Waals surface area contributed by atoms with E-state index in [4.69, 9.17) is 0 Å². The van der Waals surface area contributed by atoms with Crippen molar-refractivity contribution in [2.45, 2.75) is 25.4 Å². The van der Waals surface area contributed by atoms with E-state index in [1.165, 1.54) is 19.4 Å². The van der Waals surface area contributed by atoms with E-state index in [9.17, 15) is 0 Å². The van der Waals surface area contributed by atoms with E-state index in [2.05, 4.69) is 53.1 Å². The lowest BCUT2D eigenvalue weighted by Gasteiger charge is -2.24. The van der Waals surface area contributed by atoms with E-state index >= 15 is 0 Å². The Morgan fingerprint density at radius 2 is 2.28 bits per heavy atom. The van der Waals surface area contributed by atoms with E-state index < -0.39 is 0 Å². The number of pyridine rings is 1. The summed E-state index contributed by atoms with van der Waals surface area (Å²) in [6.07, 6.45) is 4.44. The summed E-state index contributed by atoms with van der Waals surface area (Å²) in [6.45, 7) is 3.17. The van der Waals surface area contributed by atoms with Crippen molar-refractivity contribution in [3.05, 3.63) is 26.9 Å². The number of nitrogens with zero attached hydrogens (tertiary/aromatic N) is 2. The minimum absolute atomic E-state index is 0. The lowest BCUT2D eigenvalue weighted by atomic mass is 10.2. The normalized spacial score (nSPS) is 19.8. The summed E-state index contributed by atoms with van der Waals surface area (Å²) in [5.74, 6) is 0. The van der Waals surface area contributed by atoms with Crippen molar-refractivity contribution in [2.75, 3.05) is 20.1 Å². The molecule has 0 amide bonds. The first-order valence-electron chi connectivity index (χ1n) is 5.89. The van der Waals surface area contributed by atoms with Gasteiger partial charge in [-0.3, -0.25) is 9.88 Å². The van der Waals surface area contributed by atoms with Gasteiger partial charge in [-0.25, -0.2) is 0 Å². The summed E-state index contributed by atoms with van der Waals surface area (Å²) in [5, 5.41) is 3.27. The van der Waals surface area contributed by atoms with E-state index in [0.717, 1.165) is 27.7 Å². The van der Waals surface area contributed by atoms with Gasteiger partial charge in [0.15, 0.2) is 0 Å². The Balaban J connectivity index is 0.00000162. The highest BCUT2D eigenvalue weighted by Crippen LogP contribution is 2.24. The molecule has 1 aromatic heterocycles. The van der Waals surface area contributed by atoms with Gasteiger partial charge >= 0.3 is 0 Å². The van der Waals surface area contributed by atoms with E-state index in [-0.39, 0.29) is 12.4 Å². The zero-order chi connectivity index (χ0) is 12.3. The van der Waals surface area contributed by atoms with Gasteiger partial charge in [-0.15, -0.1) is 12.4 Å². The molecule has 1 saturated heterocycles. The van der Waals surface area contributed by atoms with Crippen LogP contribution in [0, 0.1) is 0 Å². The van der Waals surface area contributed by atoms with Crippen LogP contribution in [0.15, 0.2) is 21.2 Å². The smallest absolute Gasteiger partial charge is 0.0686 e. The predicted octanol–water partition coefficient (Wildman–Crippen LogP) is 3.21. The first-order chi connectivity index (χ1) is 8.20. The molecule has 1 aromatic rings. The van der Waals surface area contributed by atoms with E-state index in [1.807, 2.05) is 13.2 Å². The van der Waals surface area contributed by atoms with Crippen molar-refractivity contribution in [2.24, 2.45) is 0 Å². The van der Waals surface area contributed by atoms with Crippen molar-refractivity contribution >= 4 is 44.3 Å². The maximum absolute atomic E-state index is 4.48. The zero-order valence-electron chi connectivity index (χ0n) is 10.3. The molecule has 1 N–H and O–H groups in total. The van der Waals surface area contributed by atoms with Crippen LogP contribution >= 0.6 is 44.3 Å². The van der Waals surface area contributed by atoms with Crippen LogP contribution in [-0.4, -0.2) is 36.1 Å². The van der Waals surface area contributed by atoms with Crippen LogP contribution in [0.3, 0.4) is 0 Å². The fourth-order valence-electron chi connectivity index (χ4n) is 2.32. The van der Waals surface area contributed by atoms with Gasteiger partial charge < -0.3 is 5.32 Å². The summed E-state index contributed by atoms with van der Waals surface area (Å²) < 4.78 is 2.10. The standard InChI is InChI=1S/C12H17Br2N3.ClH/c1-15-7-10-3-2-4-17(10)8-12-11(14)5-9(13)6-16-12;/h5-6,10,15H,2-4,7-8H2,1H3;1H. The van der Waals surface area contributed by atoms with Crippen LogP contribution < -0.4 is 5.32 Å². The number of likely N-dealkylation sites (tertiary alicyclic amines) is 1. The van der Waals surface area contributed by atoms with Gasteiger partial charge in [-0.05, 0) is 64.4 Å². The summed E-state index contributed by atoms with van der Waals surface area (Å²) in [6, 6.07) is 2.71. The SMILES string of the molecule is CNCC1CCCN1Cc1ncc(Br)cc1Br.Cl. The molecule has 1 aliphatic rings. The monoisotopic (exact) mass is 397 g/mol. The Hall–Kier alpha value is 0.320. The Bertz CT molecular complexity index is 390. The maximum atomic E-state index is 4.48. The van der Waals surface area contributed by atoms with Crippen LogP contribution in [0.1, 0.15) is 18.5 Å². The van der Waals surface area contributed by atoms with Gasteiger partial charge in [0, 0.05) is 34.3 Å². The molecule has 2 heterocycles. The summed E-state index contributed by atoms with van der Waals surface area (Å²) in [5.41, 5.74) is 1.12. The van der Waals surface area contributed by atoms with Gasteiger partial charge in [0.2, 0.25) is 0 Å². The Morgan fingerprint density at radius 3 is 2.94 bits per heavy atom. The highest BCUT2D eigenvalue weighted by molar-refractivity contribution is 9.11. The van der Waals surface area contributed by atoms with Crippen molar-refractivity contribution in [3.63, 3.8) is 0 Å². The molecular weight excluding hydrogens is 381 g/mol. The second kappa shape index (κ2) is 7.80. The molecule has 0 bridgehead atoms. The van der Waals surface area contributed by atoms with Crippen LogP contribution in [0.2, 0.25) is 0 Å². The van der Waals surface area contributed by atoms with Gasteiger partial charge in [-0.1, -0.05) is 0 Å². The number of likely N-dealkylation sites (N-methyl/N-ethyl adjacent to an activating group) is 1. The summed E-state index contributed by atoms with van der Waals surface area (Å²) in [4.78, 5) is 6.99. The fourth-order valence-corrected chi connectivity index (χ4v) is 3.43. The Kier molecular flexibility index (Phi) is 7.10. The fraction of sp³-hybridized carbons (Fsp3) is 0.583. The first kappa shape index (κ1) is 16.4. The molecule has 3 nitrogen and oxygen atoms in total. The van der Waals surface area contributed by atoms with E-state index in [1.54, 1.807) is 0 Å². The van der Waals surface area contributed by atoms with Gasteiger partial charge in [0.05, 0.1) is 5.69 Å². The lowest BCUT2D eigenvalue weighted by molar-refractivity contribution is 0.239. The van der Waals surface area contributed by atoms with Gasteiger partial charge in [0.25, 0.3) is 0 Å². The van der Waals surface area contributed by atoms with Gasteiger partial charge in [-0.2, -0.15) is 0 Å². The minimum Gasteiger partial charge on any atom is -0.318 e. The molecule has 1 unspecified atom stereocenters. The van der Waals surface area contributed by atoms with Crippen LogP contribution in [0.4, 0.5) is 0 Å². The topological polar surface area (TPSA) is 28.2 Å². The second-order valence-electron chi connectivity index (χ2n) is 4.41. The second-order valence-corrected chi connectivity index (χ2v) is 6.18. The molecule has 18 heavy (non-hydrogen) atoms. The lowest BCUT2D eigenvalue weighted by Crippen LogP contribution is -2.36. The molecular formula is C12H18Br2ClN3. The zero-order valence-corrected chi connectivity index (χ0v) is 14.3. The van der Waals surface area contributed by atoms with Crippen LogP contribution in [-0.2, 0) is 6.54 Å². The Morgan fingerprint density at radius 1 is 1.50 bits per heavy atom. The number of rotatable bonds is 4. The highest BCUT2D eigenvalue weighted by Gasteiger charge is 2.24. The minimum atomic E-state index is 0. The molecule has 0 aromatic carbocycles. The molecule has 1 atom stereocenters. The molecule has 0 saturated carbocycles. The number of aromatic nitrogens is 1. The number of hydrogen-bond acceptors (Lipinski definition) is 3. The van der Waals surface area contributed by atoms with Crippen LogP contribution in [0.5, 0.6) is 0 Å². The third-order valence-corrected chi connectivity index (χ3v) is 4.30. The third kappa shape index (κ3) is 4.17. The first-order valence-corrected chi connectivity index (χ1v) is 7.48. The quantitative estimate of drug-likeness (QED) is 0.843. The predicted molar refractivity (Wildman–Crippen MR) is 84.2 cm³/mol. The van der Waals surface area contributed by atoms with Crippen molar-refractivity contribution in [1.29, 1.82) is 0 Å². The van der Waals surface area contributed by atoms with Crippen molar-refractivity contribution in [1.82, 2.24) is 15.2 Å². The number of hydrogen-bond donors (Lipinski definition) is 1. The average molecular weight is 400 g/mol.